The summed E-state index contributed by atoms with van der Waals surface area (Å²) in [5, 5.41) is 31.7. The zero-order chi connectivity index (χ0) is 21.0. The highest BCUT2D eigenvalue weighted by atomic mass is 16.5. The maximum atomic E-state index is 11.7. The fourth-order valence-electron chi connectivity index (χ4n) is 1.55. The summed E-state index contributed by atoms with van der Waals surface area (Å²) in [7, 11) is 0. The van der Waals surface area contributed by atoms with Crippen molar-refractivity contribution in [3.63, 3.8) is 0 Å². The second kappa shape index (κ2) is 16.9. The Balaban J connectivity index is 4.00. The molecule has 0 aromatic heterocycles. The molecule has 0 radical (unpaired) electrons. The lowest BCUT2D eigenvalue weighted by molar-refractivity contribution is -0.148. The number of unbranched alkanes of at least 4 members (excludes halogenated alkanes) is 1. The van der Waals surface area contributed by atoms with E-state index in [1.807, 2.05) is 0 Å². The van der Waals surface area contributed by atoms with E-state index in [0.717, 1.165) is 0 Å². The molecule has 0 bridgehead atoms. The number of nitrogens with zero attached hydrogens (tertiary/aromatic N) is 6. The van der Waals surface area contributed by atoms with Gasteiger partial charge in [0.1, 0.15) is 25.7 Å². The number of nitriles is 2. The van der Waals surface area contributed by atoms with Gasteiger partial charge in [-0.05, 0) is 12.8 Å². The molecule has 0 aliphatic heterocycles. The van der Waals surface area contributed by atoms with Crippen LogP contribution in [0.3, 0.4) is 0 Å². The minimum Gasteiger partial charge on any atom is -0.465 e. The zero-order valence-corrected chi connectivity index (χ0v) is 15.1. The average Bonchev–Trinajstić information content (AvgIpc) is 2.70. The molecule has 150 valence electrons. The van der Waals surface area contributed by atoms with Crippen LogP contribution in [0.15, 0.2) is 20.5 Å². The van der Waals surface area contributed by atoms with Gasteiger partial charge >= 0.3 is 11.9 Å². The molecule has 0 fully saturated rings. The van der Waals surface area contributed by atoms with Crippen LogP contribution in [0.25, 0.3) is 0 Å². The SMILES string of the molecule is N#CC(CN=NCC=O)C(=O)OCCCCOC(=O)C(C#N)CN=NCC=O. The molecule has 0 rings (SSSR count). The molecule has 0 saturated heterocycles. The first kappa shape index (κ1) is 24.5. The molecule has 28 heavy (non-hydrogen) atoms. The Labute approximate surface area is 161 Å². The quantitative estimate of drug-likeness (QED) is 0.166. The molecule has 0 amide bonds. The van der Waals surface area contributed by atoms with Crippen molar-refractivity contribution in [2.75, 3.05) is 39.4 Å². The molecule has 2 unspecified atom stereocenters. The van der Waals surface area contributed by atoms with Crippen LogP contribution in [0, 0.1) is 34.5 Å². The van der Waals surface area contributed by atoms with E-state index in [4.69, 9.17) is 20.0 Å². The number of hydrogen-bond donors (Lipinski definition) is 0. The average molecular weight is 392 g/mol. The first-order valence-electron chi connectivity index (χ1n) is 8.27. The van der Waals surface area contributed by atoms with Gasteiger partial charge in [-0.1, -0.05) is 0 Å². The van der Waals surface area contributed by atoms with E-state index in [0.29, 0.717) is 25.4 Å². The second-order valence-electron chi connectivity index (χ2n) is 5.03. The summed E-state index contributed by atoms with van der Waals surface area (Å²) in [6.07, 6.45) is 1.82. The summed E-state index contributed by atoms with van der Waals surface area (Å²) in [5.41, 5.74) is 0. The van der Waals surface area contributed by atoms with Gasteiger partial charge in [0.05, 0.1) is 38.4 Å². The molecule has 0 saturated carbocycles. The van der Waals surface area contributed by atoms with E-state index in [1.54, 1.807) is 12.1 Å². The Morgan fingerprint density at radius 2 is 1.18 bits per heavy atom. The Morgan fingerprint density at radius 1 is 0.786 bits per heavy atom. The molecule has 0 N–H and O–H groups in total. The molecule has 12 nitrogen and oxygen atoms in total. The van der Waals surface area contributed by atoms with Gasteiger partial charge in [0.15, 0.2) is 11.8 Å². The lowest BCUT2D eigenvalue weighted by Crippen LogP contribution is -2.20. The van der Waals surface area contributed by atoms with Gasteiger partial charge in [-0.15, -0.1) is 0 Å². The fraction of sp³-hybridized carbons (Fsp3) is 0.625. The molecule has 0 aromatic rings. The van der Waals surface area contributed by atoms with Gasteiger partial charge < -0.3 is 19.1 Å². The van der Waals surface area contributed by atoms with Gasteiger partial charge in [0.2, 0.25) is 0 Å². The standard InChI is InChI=1S/C16H20N6O6/c17-9-13(11-21-19-3-5-23)15(25)27-7-1-2-8-28-16(26)14(10-18)12-22-20-4-6-24/h5-6,13-14H,1-4,7-8,11-12H2. The number of esters is 2. The van der Waals surface area contributed by atoms with E-state index in [1.165, 1.54) is 0 Å². The molecular formula is C16H20N6O6. The van der Waals surface area contributed by atoms with E-state index in [-0.39, 0.29) is 39.4 Å². The van der Waals surface area contributed by atoms with Crippen LogP contribution < -0.4 is 0 Å². The Morgan fingerprint density at radius 3 is 1.50 bits per heavy atom. The predicted molar refractivity (Wildman–Crippen MR) is 90.7 cm³/mol. The lowest BCUT2D eigenvalue weighted by atomic mass is 10.2. The van der Waals surface area contributed by atoms with Gasteiger partial charge in [0, 0.05) is 0 Å². The van der Waals surface area contributed by atoms with E-state index in [9.17, 15) is 19.2 Å². The number of carbonyl (C=O) groups is 4. The van der Waals surface area contributed by atoms with E-state index >= 15 is 0 Å². The maximum absolute atomic E-state index is 11.7. The number of hydrogen-bond acceptors (Lipinski definition) is 12. The number of ether oxygens (including phenoxy) is 2. The minimum atomic E-state index is -1.11. The van der Waals surface area contributed by atoms with Crippen LogP contribution in [0.5, 0.6) is 0 Å². The van der Waals surface area contributed by atoms with Crippen LogP contribution in [0.1, 0.15) is 12.8 Å². The third-order valence-corrected chi connectivity index (χ3v) is 2.95. The maximum Gasteiger partial charge on any atom is 0.325 e. The van der Waals surface area contributed by atoms with Crippen molar-refractivity contribution in [2.45, 2.75) is 12.8 Å². The summed E-state index contributed by atoms with van der Waals surface area (Å²) >= 11 is 0. The highest BCUT2D eigenvalue weighted by molar-refractivity contribution is 5.75. The number of aldehydes is 2. The van der Waals surface area contributed by atoms with Crippen LogP contribution in [0.2, 0.25) is 0 Å². The van der Waals surface area contributed by atoms with Crippen molar-refractivity contribution >= 4 is 24.5 Å². The summed E-state index contributed by atoms with van der Waals surface area (Å²) in [6, 6.07) is 3.47. The third-order valence-electron chi connectivity index (χ3n) is 2.95. The molecule has 0 heterocycles. The monoisotopic (exact) mass is 392 g/mol. The largest absolute Gasteiger partial charge is 0.465 e. The van der Waals surface area contributed by atoms with E-state index in [2.05, 4.69) is 20.5 Å². The van der Waals surface area contributed by atoms with Gasteiger partial charge in [-0.2, -0.15) is 31.0 Å². The van der Waals surface area contributed by atoms with Crippen molar-refractivity contribution in [3.05, 3.63) is 0 Å². The van der Waals surface area contributed by atoms with Crippen LogP contribution in [-0.2, 0) is 28.7 Å². The van der Waals surface area contributed by atoms with Crippen LogP contribution >= 0.6 is 0 Å². The highest BCUT2D eigenvalue weighted by Gasteiger charge is 2.20. The molecule has 12 heteroatoms. The molecule has 0 spiro atoms. The molecule has 0 aromatic carbocycles. The van der Waals surface area contributed by atoms with Crippen LogP contribution in [-0.4, -0.2) is 63.9 Å². The Hall–Kier alpha value is -3.54. The summed E-state index contributed by atoms with van der Waals surface area (Å²) in [6.45, 7) is -0.634. The van der Waals surface area contributed by atoms with Crippen LogP contribution in [0.4, 0.5) is 0 Å². The van der Waals surface area contributed by atoms with Gasteiger partial charge in [-0.25, -0.2) is 0 Å². The highest BCUT2D eigenvalue weighted by Crippen LogP contribution is 2.04. The normalized spacial score (nSPS) is 12.6. The van der Waals surface area contributed by atoms with Crippen molar-refractivity contribution in [2.24, 2.45) is 32.3 Å². The van der Waals surface area contributed by atoms with Crippen molar-refractivity contribution < 1.29 is 28.7 Å². The summed E-state index contributed by atoms with van der Waals surface area (Å²) in [5.74, 6) is -3.74. The van der Waals surface area contributed by atoms with Gasteiger partial charge in [-0.3, -0.25) is 9.59 Å². The first-order chi connectivity index (χ1) is 13.6. The predicted octanol–water partition coefficient (Wildman–Crippen LogP) is 0.435. The van der Waals surface area contributed by atoms with Crippen molar-refractivity contribution in [1.82, 2.24) is 0 Å². The molecular weight excluding hydrogens is 372 g/mol. The topological polar surface area (TPSA) is 184 Å². The van der Waals surface area contributed by atoms with Crippen molar-refractivity contribution in [1.29, 1.82) is 10.5 Å². The third kappa shape index (κ3) is 11.9. The first-order valence-corrected chi connectivity index (χ1v) is 8.27. The van der Waals surface area contributed by atoms with Crippen molar-refractivity contribution in [3.8, 4) is 12.1 Å². The Kier molecular flexibility index (Phi) is 14.8. The summed E-state index contributed by atoms with van der Waals surface area (Å²) in [4.78, 5) is 43.5. The zero-order valence-electron chi connectivity index (χ0n) is 15.1. The molecule has 0 aliphatic carbocycles. The lowest BCUT2D eigenvalue weighted by Gasteiger charge is -2.09. The number of carbonyl (C=O) groups excluding carboxylic acids is 4. The molecule has 2 atom stereocenters. The minimum absolute atomic E-state index is 0.0155. The van der Waals surface area contributed by atoms with Gasteiger partial charge in [0.25, 0.3) is 0 Å². The summed E-state index contributed by atoms with van der Waals surface area (Å²) < 4.78 is 9.84. The number of azo groups is 2. The fourth-order valence-corrected chi connectivity index (χ4v) is 1.55. The second-order valence-corrected chi connectivity index (χ2v) is 5.03. The number of rotatable bonds is 15. The smallest absolute Gasteiger partial charge is 0.325 e. The van der Waals surface area contributed by atoms with E-state index < -0.39 is 23.8 Å². The Bertz CT molecular complexity index is 595. The molecule has 0 aliphatic rings.